The van der Waals surface area contributed by atoms with E-state index in [2.05, 4.69) is 10.6 Å². The van der Waals surface area contributed by atoms with Crippen molar-refractivity contribution >= 4 is 36.1 Å². The summed E-state index contributed by atoms with van der Waals surface area (Å²) in [4.78, 5) is 61.3. The van der Waals surface area contributed by atoms with Gasteiger partial charge in [-0.25, -0.2) is 8.78 Å². The number of hydrogen-bond acceptors (Lipinski definition) is 5. The largest absolute Gasteiger partial charge is 0.481 e. The van der Waals surface area contributed by atoms with Crippen LogP contribution in [-0.2, 0) is 24.0 Å². The van der Waals surface area contributed by atoms with Gasteiger partial charge in [-0.3, -0.25) is 19.2 Å². The molecule has 3 rings (SSSR count). The summed E-state index contributed by atoms with van der Waals surface area (Å²) >= 11 is 0. The molecule has 1 aliphatic heterocycles. The van der Waals surface area contributed by atoms with Crippen LogP contribution in [0.3, 0.4) is 0 Å². The van der Waals surface area contributed by atoms with Gasteiger partial charge < -0.3 is 25.4 Å². The molecule has 1 aliphatic carbocycles. The molecule has 11 heteroatoms. The highest BCUT2D eigenvalue weighted by atomic mass is 19.3. The van der Waals surface area contributed by atoms with E-state index in [1.807, 2.05) is 37.3 Å². The Kier molecular flexibility index (Phi) is 7.67. The smallest absolute Gasteiger partial charge is 0.305 e. The van der Waals surface area contributed by atoms with Gasteiger partial charge in [-0.2, -0.15) is 0 Å². The predicted molar refractivity (Wildman–Crippen MR) is 120 cm³/mol. The molecule has 188 valence electrons. The molecule has 1 heterocycles. The number of hydrogen-bond donors (Lipinski definition) is 3. The van der Waals surface area contributed by atoms with Crippen molar-refractivity contribution in [2.75, 3.05) is 6.54 Å². The molecule has 1 saturated heterocycles. The Bertz CT molecular complexity index is 1060. The van der Waals surface area contributed by atoms with E-state index < -0.39 is 73.0 Å². The molecule has 1 aromatic rings. The van der Waals surface area contributed by atoms with Crippen LogP contribution < -0.4 is 10.6 Å². The van der Waals surface area contributed by atoms with Crippen LogP contribution in [0, 0.1) is 5.92 Å². The third kappa shape index (κ3) is 5.90. The summed E-state index contributed by atoms with van der Waals surface area (Å²) in [6.07, 6.45) is 2.26. The fourth-order valence-corrected chi connectivity index (χ4v) is 4.47. The fourth-order valence-electron chi connectivity index (χ4n) is 4.47. The lowest BCUT2D eigenvalue weighted by Gasteiger charge is -2.30. The van der Waals surface area contributed by atoms with Crippen molar-refractivity contribution in [3.63, 3.8) is 0 Å². The first kappa shape index (κ1) is 26.0. The molecule has 0 spiro atoms. The summed E-state index contributed by atoms with van der Waals surface area (Å²) < 4.78 is 28.4. The summed E-state index contributed by atoms with van der Waals surface area (Å²) in [6.45, 7) is 2.16. The number of amides is 3. The third-order valence-corrected chi connectivity index (χ3v) is 6.19. The first-order valence-corrected chi connectivity index (χ1v) is 11.2. The molecule has 1 aromatic carbocycles. The van der Waals surface area contributed by atoms with Gasteiger partial charge >= 0.3 is 5.97 Å². The average Bonchev–Trinajstić information content (AvgIpc) is 3.12. The molecule has 35 heavy (non-hydrogen) atoms. The minimum absolute atomic E-state index is 0.170. The van der Waals surface area contributed by atoms with Gasteiger partial charge in [0.05, 0.1) is 24.9 Å². The number of likely N-dealkylation sites (tertiary alicyclic amines) is 1. The number of carboxylic acid groups (broad SMARTS) is 1. The van der Waals surface area contributed by atoms with Crippen molar-refractivity contribution in [3.8, 4) is 0 Å². The Morgan fingerprint density at radius 1 is 1.20 bits per heavy atom. The summed E-state index contributed by atoms with van der Waals surface area (Å²) in [5, 5.41) is 13.5. The molecule has 4 unspecified atom stereocenters. The highest BCUT2D eigenvalue weighted by molar-refractivity contribution is 5.95. The van der Waals surface area contributed by atoms with Crippen molar-refractivity contribution in [3.05, 3.63) is 41.5 Å². The molecule has 1 fully saturated rings. The number of halogens is 2. The highest BCUT2D eigenvalue weighted by Gasteiger charge is 2.51. The Hall–Kier alpha value is -3.63. The molecular weight excluding hydrogens is 464 g/mol. The van der Waals surface area contributed by atoms with Gasteiger partial charge in [0.15, 0.2) is 0 Å². The zero-order chi connectivity index (χ0) is 25.9. The number of alkyl halides is 2. The summed E-state index contributed by atoms with van der Waals surface area (Å²) in [5.41, 5.74) is 1.65. The third-order valence-electron chi connectivity index (χ3n) is 6.19. The van der Waals surface area contributed by atoms with Gasteiger partial charge in [0, 0.05) is 6.42 Å². The maximum atomic E-state index is 14.2. The number of aliphatic carboxylic acids is 1. The summed E-state index contributed by atoms with van der Waals surface area (Å²) in [5.74, 6) is -7.89. The lowest BCUT2D eigenvalue weighted by molar-refractivity contribution is -0.142. The van der Waals surface area contributed by atoms with E-state index in [1.54, 1.807) is 6.07 Å². The van der Waals surface area contributed by atoms with Crippen LogP contribution in [0.15, 0.2) is 30.3 Å². The minimum Gasteiger partial charge on any atom is -0.481 e. The Morgan fingerprint density at radius 3 is 2.54 bits per heavy atom. The van der Waals surface area contributed by atoms with Gasteiger partial charge in [0.1, 0.15) is 18.4 Å². The van der Waals surface area contributed by atoms with E-state index in [4.69, 9.17) is 5.11 Å². The van der Waals surface area contributed by atoms with Crippen LogP contribution in [0.4, 0.5) is 8.78 Å². The van der Waals surface area contributed by atoms with Gasteiger partial charge in [-0.1, -0.05) is 43.3 Å². The molecule has 2 aliphatic rings. The van der Waals surface area contributed by atoms with E-state index in [0.717, 1.165) is 11.1 Å². The van der Waals surface area contributed by atoms with Crippen LogP contribution in [0.1, 0.15) is 43.7 Å². The highest BCUT2D eigenvalue weighted by Crippen LogP contribution is 2.35. The maximum absolute atomic E-state index is 14.2. The topological polar surface area (TPSA) is 133 Å². The van der Waals surface area contributed by atoms with Crippen LogP contribution in [0.5, 0.6) is 0 Å². The second-order valence-corrected chi connectivity index (χ2v) is 8.95. The number of allylic oxidation sites excluding steroid dienone is 1. The zero-order valence-electron chi connectivity index (χ0n) is 19.2. The van der Waals surface area contributed by atoms with Crippen molar-refractivity contribution in [2.24, 2.45) is 5.92 Å². The average molecular weight is 491 g/mol. The molecule has 0 bridgehead atoms. The van der Waals surface area contributed by atoms with E-state index in [-0.39, 0.29) is 12.2 Å². The van der Waals surface area contributed by atoms with Gasteiger partial charge in [0.2, 0.25) is 17.7 Å². The number of nitrogens with one attached hydrogen (secondary N) is 2. The standard InChI is InChI=1S/C24H27F2N3O6/c1-13-7-8-15-5-3-4-6-17(15)20(13)22(34)27-14(2)23(35)29-12-24(25,26)10-18(29)21(33)28-16(11-30)9-19(31)32/h3-8,11,13-14,16,18,20H,9-10,12H2,1-2H3,(H,27,34)(H,28,33)(H,31,32)/t13?,14?,16-,18?,20?/m0/s1. The first-order chi connectivity index (χ1) is 16.4. The van der Waals surface area contributed by atoms with Crippen molar-refractivity contribution in [2.45, 2.75) is 56.7 Å². The Balaban J connectivity index is 1.73. The monoisotopic (exact) mass is 491 g/mol. The molecule has 0 radical (unpaired) electrons. The SMILES string of the molecule is CC(NC(=O)C1c2ccccc2C=CC1C)C(=O)N1CC(F)(F)CC1C(=O)N[C@H](C=O)CC(=O)O. The number of aldehydes is 1. The molecule has 9 nitrogen and oxygen atoms in total. The quantitative estimate of drug-likeness (QED) is 0.470. The second-order valence-electron chi connectivity index (χ2n) is 8.95. The number of fused-ring (bicyclic) bond motifs is 1. The van der Waals surface area contributed by atoms with E-state index in [9.17, 15) is 32.8 Å². The van der Waals surface area contributed by atoms with Crippen molar-refractivity contribution < 1.29 is 37.9 Å². The van der Waals surface area contributed by atoms with Crippen LogP contribution in [-0.4, -0.2) is 70.6 Å². The Morgan fingerprint density at radius 2 is 1.89 bits per heavy atom. The summed E-state index contributed by atoms with van der Waals surface area (Å²) in [7, 11) is 0. The minimum atomic E-state index is -3.37. The zero-order valence-corrected chi connectivity index (χ0v) is 19.2. The van der Waals surface area contributed by atoms with Crippen molar-refractivity contribution in [1.29, 1.82) is 0 Å². The van der Waals surface area contributed by atoms with E-state index in [0.29, 0.717) is 4.90 Å². The molecule has 0 saturated carbocycles. The van der Waals surface area contributed by atoms with Gasteiger partial charge in [-0.15, -0.1) is 0 Å². The van der Waals surface area contributed by atoms with E-state index >= 15 is 0 Å². The predicted octanol–water partition coefficient (Wildman–Crippen LogP) is 1.33. The molecule has 3 amide bonds. The van der Waals surface area contributed by atoms with Crippen molar-refractivity contribution in [1.82, 2.24) is 15.5 Å². The number of carboxylic acids is 1. The normalized spacial score (nSPS) is 24.1. The van der Waals surface area contributed by atoms with Crippen LogP contribution >= 0.6 is 0 Å². The number of carbonyl (C=O) groups is 5. The van der Waals surface area contributed by atoms with Gasteiger partial charge in [0.25, 0.3) is 5.92 Å². The lowest BCUT2D eigenvalue weighted by Crippen LogP contribution is -2.54. The lowest BCUT2D eigenvalue weighted by atomic mass is 9.79. The Labute approximate surface area is 200 Å². The molecule has 3 N–H and O–H groups in total. The summed E-state index contributed by atoms with van der Waals surface area (Å²) in [6, 6.07) is 3.05. The molecule has 5 atom stereocenters. The molecule has 0 aromatic heterocycles. The van der Waals surface area contributed by atoms with Crippen LogP contribution in [0.2, 0.25) is 0 Å². The van der Waals surface area contributed by atoms with Gasteiger partial charge in [-0.05, 0) is 24.0 Å². The maximum Gasteiger partial charge on any atom is 0.305 e. The number of nitrogens with zero attached hydrogens (tertiary/aromatic N) is 1. The van der Waals surface area contributed by atoms with Crippen LogP contribution in [0.25, 0.3) is 6.08 Å². The number of carbonyl (C=O) groups excluding carboxylic acids is 4. The van der Waals surface area contributed by atoms with E-state index in [1.165, 1.54) is 6.92 Å². The number of benzene rings is 1. The first-order valence-electron chi connectivity index (χ1n) is 11.2. The fraction of sp³-hybridized carbons (Fsp3) is 0.458. The number of rotatable bonds is 8. The molecular formula is C24H27F2N3O6. The second kappa shape index (κ2) is 10.3.